The van der Waals surface area contributed by atoms with Crippen LogP contribution in [-0.2, 0) is 4.79 Å². The highest BCUT2D eigenvalue weighted by Crippen LogP contribution is 2.24. The van der Waals surface area contributed by atoms with Crippen LogP contribution in [0.1, 0.15) is 26.3 Å². The molecule has 0 aliphatic carbocycles. The maximum Gasteiger partial charge on any atom is 0.242 e. The van der Waals surface area contributed by atoms with E-state index in [1.165, 1.54) is 11.3 Å². The first kappa shape index (κ1) is 12.7. The molecule has 0 aromatic carbocycles. The monoisotopic (exact) mass is 237 g/mol. The summed E-state index contributed by atoms with van der Waals surface area (Å²) in [5, 5.41) is 13.8. The SMILES string of the molecule is CC(C)(C)[C@@H](N)C(=O)Nc1sccc1C#N. The molecule has 0 saturated carbocycles. The third-order valence-electron chi connectivity index (χ3n) is 2.24. The highest BCUT2D eigenvalue weighted by molar-refractivity contribution is 7.14. The van der Waals surface area contributed by atoms with Gasteiger partial charge in [-0.15, -0.1) is 11.3 Å². The number of rotatable bonds is 2. The zero-order valence-electron chi connectivity index (χ0n) is 9.57. The first-order valence-corrected chi connectivity index (χ1v) is 5.78. The van der Waals surface area contributed by atoms with Gasteiger partial charge in [0.2, 0.25) is 5.91 Å². The second-order valence-corrected chi connectivity index (χ2v) is 5.52. The maximum absolute atomic E-state index is 11.8. The number of nitriles is 1. The number of hydrogen-bond donors (Lipinski definition) is 2. The van der Waals surface area contributed by atoms with E-state index in [1.54, 1.807) is 11.4 Å². The molecule has 0 aliphatic rings. The van der Waals surface area contributed by atoms with E-state index in [9.17, 15) is 4.79 Å². The van der Waals surface area contributed by atoms with Crippen LogP contribution in [0.5, 0.6) is 0 Å². The van der Waals surface area contributed by atoms with Crippen LogP contribution in [0.25, 0.3) is 0 Å². The Balaban J connectivity index is 2.77. The molecule has 3 N–H and O–H groups in total. The lowest BCUT2D eigenvalue weighted by atomic mass is 9.87. The summed E-state index contributed by atoms with van der Waals surface area (Å²) in [5.74, 6) is -0.258. The van der Waals surface area contributed by atoms with Crippen molar-refractivity contribution in [2.24, 2.45) is 11.1 Å². The van der Waals surface area contributed by atoms with Crippen LogP contribution < -0.4 is 11.1 Å². The standard InChI is InChI=1S/C11H15N3OS/c1-11(2,3)8(13)9(15)14-10-7(6-12)4-5-16-10/h4-5,8H,13H2,1-3H3,(H,14,15)/t8-/m0/s1. The molecule has 1 aromatic heterocycles. The molecule has 1 heterocycles. The minimum Gasteiger partial charge on any atom is -0.319 e. The maximum atomic E-state index is 11.8. The second-order valence-electron chi connectivity index (χ2n) is 4.61. The van der Waals surface area contributed by atoms with Gasteiger partial charge < -0.3 is 11.1 Å². The van der Waals surface area contributed by atoms with Crippen LogP contribution in [0.4, 0.5) is 5.00 Å². The Labute approximate surface area is 99.1 Å². The van der Waals surface area contributed by atoms with Gasteiger partial charge >= 0.3 is 0 Å². The summed E-state index contributed by atoms with van der Waals surface area (Å²) in [6.07, 6.45) is 0. The average molecular weight is 237 g/mol. The van der Waals surface area contributed by atoms with Gasteiger partial charge in [-0.2, -0.15) is 5.26 Å². The summed E-state index contributed by atoms with van der Waals surface area (Å²) in [4.78, 5) is 11.8. The molecule has 0 unspecified atom stereocenters. The molecule has 0 spiro atoms. The van der Waals surface area contributed by atoms with Crippen molar-refractivity contribution in [3.8, 4) is 6.07 Å². The molecule has 1 aromatic rings. The Bertz CT molecular complexity index is 425. The number of amides is 1. The van der Waals surface area contributed by atoms with Crippen LogP contribution in [0, 0.1) is 16.7 Å². The topological polar surface area (TPSA) is 78.9 Å². The van der Waals surface area contributed by atoms with E-state index in [-0.39, 0.29) is 11.3 Å². The van der Waals surface area contributed by atoms with E-state index < -0.39 is 6.04 Å². The molecule has 86 valence electrons. The fourth-order valence-electron chi connectivity index (χ4n) is 1.08. The molecule has 0 radical (unpaired) electrons. The lowest BCUT2D eigenvalue weighted by Crippen LogP contribution is -2.45. The van der Waals surface area contributed by atoms with Gasteiger partial charge in [0.1, 0.15) is 11.1 Å². The van der Waals surface area contributed by atoms with E-state index in [4.69, 9.17) is 11.0 Å². The predicted molar refractivity (Wildman–Crippen MR) is 65.1 cm³/mol. The first-order chi connectivity index (χ1) is 7.36. The summed E-state index contributed by atoms with van der Waals surface area (Å²) in [6, 6.07) is 3.09. The summed E-state index contributed by atoms with van der Waals surface area (Å²) >= 11 is 1.32. The lowest BCUT2D eigenvalue weighted by molar-refractivity contribution is -0.119. The van der Waals surface area contributed by atoms with E-state index >= 15 is 0 Å². The number of nitrogens with one attached hydrogen (secondary N) is 1. The minimum absolute atomic E-state index is 0.258. The van der Waals surface area contributed by atoms with Gasteiger partial charge in [-0.05, 0) is 16.9 Å². The minimum atomic E-state index is -0.596. The number of carbonyl (C=O) groups excluding carboxylic acids is 1. The predicted octanol–water partition coefficient (Wildman–Crippen LogP) is 1.93. The summed E-state index contributed by atoms with van der Waals surface area (Å²) in [6.45, 7) is 5.70. The Morgan fingerprint density at radius 3 is 2.75 bits per heavy atom. The highest BCUT2D eigenvalue weighted by atomic mass is 32.1. The van der Waals surface area contributed by atoms with Crippen molar-refractivity contribution in [3.63, 3.8) is 0 Å². The molecule has 0 aliphatic heterocycles. The Hall–Kier alpha value is -1.38. The van der Waals surface area contributed by atoms with Gasteiger partial charge in [0.15, 0.2) is 0 Å². The zero-order valence-corrected chi connectivity index (χ0v) is 10.4. The summed E-state index contributed by atoms with van der Waals surface area (Å²) in [7, 11) is 0. The molecule has 5 heteroatoms. The van der Waals surface area contributed by atoms with Crippen molar-refractivity contribution in [3.05, 3.63) is 17.0 Å². The molecular formula is C11H15N3OS. The van der Waals surface area contributed by atoms with Crippen LogP contribution >= 0.6 is 11.3 Å². The van der Waals surface area contributed by atoms with Crippen LogP contribution in [0.3, 0.4) is 0 Å². The molecule has 0 bridgehead atoms. The quantitative estimate of drug-likeness (QED) is 0.825. The summed E-state index contributed by atoms with van der Waals surface area (Å²) < 4.78 is 0. The number of carbonyl (C=O) groups is 1. The van der Waals surface area contributed by atoms with Crippen molar-refractivity contribution in [2.75, 3.05) is 5.32 Å². The number of thiophene rings is 1. The largest absolute Gasteiger partial charge is 0.319 e. The number of nitrogens with two attached hydrogens (primary N) is 1. The van der Waals surface area contributed by atoms with Crippen molar-refractivity contribution in [2.45, 2.75) is 26.8 Å². The second kappa shape index (κ2) is 4.64. The Kier molecular flexibility index (Phi) is 3.68. The van der Waals surface area contributed by atoms with E-state index in [0.717, 1.165) is 0 Å². The Morgan fingerprint density at radius 1 is 1.62 bits per heavy atom. The third-order valence-corrected chi connectivity index (χ3v) is 3.07. The molecule has 0 saturated heterocycles. The summed E-state index contributed by atoms with van der Waals surface area (Å²) in [5.41, 5.74) is 5.99. The number of nitrogens with zero attached hydrogens (tertiary/aromatic N) is 1. The van der Waals surface area contributed by atoms with Gasteiger partial charge in [-0.25, -0.2) is 0 Å². The van der Waals surface area contributed by atoms with E-state index in [2.05, 4.69) is 5.32 Å². The van der Waals surface area contributed by atoms with Crippen LogP contribution in [0.2, 0.25) is 0 Å². The van der Waals surface area contributed by atoms with Crippen molar-refractivity contribution in [1.29, 1.82) is 5.26 Å². The molecule has 0 fully saturated rings. The van der Waals surface area contributed by atoms with E-state index in [0.29, 0.717) is 10.6 Å². The zero-order chi connectivity index (χ0) is 12.3. The van der Waals surface area contributed by atoms with Gasteiger partial charge in [-0.1, -0.05) is 20.8 Å². The van der Waals surface area contributed by atoms with Gasteiger partial charge in [0.25, 0.3) is 0 Å². The molecule has 1 rings (SSSR count). The Morgan fingerprint density at radius 2 is 2.25 bits per heavy atom. The van der Waals surface area contributed by atoms with Crippen LogP contribution in [-0.4, -0.2) is 11.9 Å². The highest BCUT2D eigenvalue weighted by Gasteiger charge is 2.28. The molecule has 16 heavy (non-hydrogen) atoms. The molecule has 1 amide bonds. The lowest BCUT2D eigenvalue weighted by Gasteiger charge is -2.25. The van der Waals surface area contributed by atoms with Gasteiger partial charge in [-0.3, -0.25) is 4.79 Å². The third kappa shape index (κ3) is 2.81. The van der Waals surface area contributed by atoms with Crippen molar-refractivity contribution in [1.82, 2.24) is 0 Å². The number of anilines is 1. The van der Waals surface area contributed by atoms with Crippen LogP contribution in [0.15, 0.2) is 11.4 Å². The average Bonchev–Trinajstić information content (AvgIpc) is 2.62. The van der Waals surface area contributed by atoms with E-state index in [1.807, 2.05) is 26.8 Å². The van der Waals surface area contributed by atoms with Crippen molar-refractivity contribution < 1.29 is 4.79 Å². The fourth-order valence-corrected chi connectivity index (χ4v) is 1.82. The van der Waals surface area contributed by atoms with Gasteiger partial charge in [0, 0.05) is 0 Å². The first-order valence-electron chi connectivity index (χ1n) is 4.90. The number of hydrogen-bond acceptors (Lipinski definition) is 4. The van der Waals surface area contributed by atoms with Crippen molar-refractivity contribution >= 4 is 22.2 Å². The molecular weight excluding hydrogens is 222 g/mol. The van der Waals surface area contributed by atoms with Gasteiger partial charge in [0.05, 0.1) is 11.6 Å². The normalized spacial score (nSPS) is 12.9. The smallest absolute Gasteiger partial charge is 0.242 e. The molecule has 4 nitrogen and oxygen atoms in total. The fraction of sp³-hybridized carbons (Fsp3) is 0.455. The molecule has 1 atom stereocenters.